The van der Waals surface area contributed by atoms with Gasteiger partial charge in [0.1, 0.15) is 11.6 Å². The molecule has 0 aliphatic rings. The molecule has 1 amide bonds. The molecule has 0 atom stereocenters. The first kappa shape index (κ1) is 12.7. The lowest BCUT2D eigenvalue weighted by atomic mass is 10.2. The number of halogens is 3. The van der Waals surface area contributed by atoms with Gasteiger partial charge in [0.15, 0.2) is 0 Å². The minimum absolute atomic E-state index is 0.0582. The monoisotopic (exact) mass is 311 g/mol. The molecule has 1 N–H and O–H groups in total. The van der Waals surface area contributed by atoms with Crippen molar-refractivity contribution in [3.05, 3.63) is 64.1 Å². The Kier molecular flexibility index (Phi) is 3.72. The molecule has 0 unspecified atom stereocenters. The number of rotatable bonds is 2. The van der Waals surface area contributed by atoms with Crippen LogP contribution in [0.15, 0.2) is 46.9 Å². The van der Waals surface area contributed by atoms with Crippen LogP contribution in [-0.4, -0.2) is 5.91 Å². The number of benzene rings is 2. The summed E-state index contributed by atoms with van der Waals surface area (Å²) < 4.78 is 26.7. The van der Waals surface area contributed by atoms with Gasteiger partial charge >= 0.3 is 0 Å². The zero-order valence-electron chi connectivity index (χ0n) is 9.08. The Bertz CT molecular complexity index is 601. The molecule has 2 aromatic carbocycles. The number of hydrogen-bond donors (Lipinski definition) is 1. The molecule has 18 heavy (non-hydrogen) atoms. The molecular formula is C13H8BrF2NO. The van der Waals surface area contributed by atoms with Gasteiger partial charge in [-0.2, -0.15) is 0 Å². The lowest BCUT2D eigenvalue weighted by Gasteiger charge is -2.07. The van der Waals surface area contributed by atoms with Crippen LogP contribution >= 0.6 is 15.9 Å². The molecule has 0 saturated heterocycles. The van der Waals surface area contributed by atoms with Gasteiger partial charge in [0.2, 0.25) is 0 Å². The second-order valence-corrected chi connectivity index (χ2v) is 4.41. The van der Waals surface area contributed by atoms with E-state index in [1.54, 1.807) is 24.3 Å². The summed E-state index contributed by atoms with van der Waals surface area (Å²) >= 11 is 3.23. The van der Waals surface area contributed by atoms with Gasteiger partial charge in [-0.3, -0.25) is 4.79 Å². The van der Waals surface area contributed by atoms with Crippen LogP contribution in [0.2, 0.25) is 0 Å². The molecule has 0 aliphatic carbocycles. The van der Waals surface area contributed by atoms with Gasteiger partial charge in [-0.05, 0) is 40.2 Å². The highest BCUT2D eigenvalue weighted by atomic mass is 79.9. The highest BCUT2D eigenvalue weighted by Gasteiger charge is 2.12. The minimum Gasteiger partial charge on any atom is -0.319 e. The van der Waals surface area contributed by atoms with Crippen LogP contribution < -0.4 is 5.32 Å². The van der Waals surface area contributed by atoms with Gasteiger partial charge in [0.25, 0.3) is 5.91 Å². The molecule has 0 bridgehead atoms. The normalized spacial score (nSPS) is 10.2. The molecule has 0 aliphatic heterocycles. The molecular weight excluding hydrogens is 304 g/mol. The number of hydrogen-bond acceptors (Lipinski definition) is 1. The van der Waals surface area contributed by atoms with E-state index in [9.17, 15) is 13.6 Å². The maximum atomic E-state index is 13.4. The Labute approximate surface area is 111 Å². The summed E-state index contributed by atoms with van der Waals surface area (Å²) in [5.74, 6) is -1.96. The van der Waals surface area contributed by atoms with Crippen LogP contribution in [0.25, 0.3) is 0 Å². The van der Waals surface area contributed by atoms with E-state index in [-0.39, 0.29) is 5.69 Å². The third-order valence-electron chi connectivity index (χ3n) is 2.30. The van der Waals surface area contributed by atoms with Crippen molar-refractivity contribution in [3.63, 3.8) is 0 Å². The van der Waals surface area contributed by atoms with Gasteiger partial charge in [0.05, 0.1) is 11.3 Å². The summed E-state index contributed by atoms with van der Waals surface area (Å²) in [4.78, 5) is 11.9. The van der Waals surface area contributed by atoms with Gasteiger partial charge in [-0.25, -0.2) is 8.78 Å². The van der Waals surface area contributed by atoms with Crippen molar-refractivity contribution in [1.82, 2.24) is 0 Å². The van der Waals surface area contributed by atoms with E-state index < -0.39 is 17.5 Å². The molecule has 2 nitrogen and oxygen atoms in total. The Morgan fingerprint density at radius 1 is 1.11 bits per heavy atom. The van der Waals surface area contributed by atoms with Crippen molar-refractivity contribution in [2.24, 2.45) is 0 Å². The lowest BCUT2D eigenvalue weighted by molar-refractivity contribution is 0.102. The van der Waals surface area contributed by atoms with Gasteiger partial charge < -0.3 is 5.32 Å². The Morgan fingerprint density at radius 3 is 2.50 bits per heavy atom. The minimum atomic E-state index is -0.810. The largest absolute Gasteiger partial charge is 0.319 e. The van der Waals surface area contributed by atoms with Crippen LogP contribution in [-0.2, 0) is 0 Å². The molecule has 0 spiro atoms. The number of carbonyl (C=O) groups is 1. The number of amides is 1. The summed E-state index contributed by atoms with van der Waals surface area (Å²) in [5.41, 5.74) is 0.318. The third-order valence-corrected chi connectivity index (χ3v) is 2.99. The van der Waals surface area contributed by atoms with E-state index in [0.29, 0.717) is 10.0 Å². The molecule has 5 heteroatoms. The maximum absolute atomic E-state index is 13.4. The number of anilines is 1. The first-order valence-electron chi connectivity index (χ1n) is 5.09. The van der Waals surface area contributed by atoms with Crippen LogP contribution in [0, 0.1) is 11.6 Å². The molecule has 0 aromatic heterocycles. The first-order chi connectivity index (χ1) is 8.58. The molecule has 0 fully saturated rings. The molecule has 92 valence electrons. The molecule has 2 aromatic rings. The molecule has 0 saturated carbocycles. The first-order valence-corrected chi connectivity index (χ1v) is 5.88. The van der Waals surface area contributed by atoms with Gasteiger partial charge in [-0.15, -0.1) is 0 Å². The van der Waals surface area contributed by atoms with Crippen LogP contribution in [0.1, 0.15) is 10.4 Å². The smallest absolute Gasteiger partial charge is 0.256 e. The highest BCUT2D eigenvalue weighted by Crippen LogP contribution is 2.19. The van der Waals surface area contributed by atoms with E-state index in [4.69, 9.17) is 0 Å². The second-order valence-electron chi connectivity index (χ2n) is 3.56. The summed E-state index contributed by atoms with van der Waals surface area (Å²) in [7, 11) is 0. The Hall–Kier alpha value is -1.75. The fraction of sp³-hybridized carbons (Fsp3) is 0. The topological polar surface area (TPSA) is 29.1 Å². The molecule has 0 radical (unpaired) electrons. The van der Waals surface area contributed by atoms with Crippen molar-refractivity contribution < 1.29 is 13.6 Å². The predicted molar refractivity (Wildman–Crippen MR) is 68.5 cm³/mol. The van der Waals surface area contributed by atoms with Crippen LogP contribution in [0.4, 0.5) is 14.5 Å². The van der Waals surface area contributed by atoms with Gasteiger partial charge in [-0.1, -0.05) is 12.1 Å². The zero-order chi connectivity index (χ0) is 13.1. The van der Waals surface area contributed by atoms with Crippen LogP contribution in [0.5, 0.6) is 0 Å². The van der Waals surface area contributed by atoms with Crippen molar-refractivity contribution in [2.75, 3.05) is 5.32 Å². The van der Waals surface area contributed by atoms with E-state index in [2.05, 4.69) is 21.2 Å². The van der Waals surface area contributed by atoms with Crippen molar-refractivity contribution in [3.8, 4) is 0 Å². The second kappa shape index (κ2) is 5.27. The maximum Gasteiger partial charge on any atom is 0.256 e. The average molecular weight is 312 g/mol. The standard InChI is InChI=1S/C13H8BrF2NO/c14-10-4-2-1-3-9(10)13(18)17-12-6-5-8(15)7-11(12)16/h1-7H,(H,17,18). The fourth-order valence-corrected chi connectivity index (χ4v) is 1.89. The predicted octanol–water partition coefficient (Wildman–Crippen LogP) is 3.98. The van der Waals surface area contributed by atoms with E-state index in [1.807, 2.05) is 0 Å². The average Bonchev–Trinajstić information content (AvgIpc) is 2.33. The Balaban J connectivity index is 2.24. The highest BCUT2D eigenvalue weighted by molar-refractivity contribution is 9.10. The van der Waals surface area contributed by atoms with Crippen molar-refractivity contribution >= 4 is 27.5 Å². The number of carbonyl (C=O) groups excluding carboxylic acids is 1. The quantitative estimate of drug-likeness (QED) is 0.893. The lowest BCUT2D eigenvalue weighted by Crippen LogP contribution is -2.13. The summed E-state index contributed by atoms with van der Waals surface area (Å²) in [6, 6.07) is 9.74. The summed E-state index contributed by atoms with van der Waals surface area (Å²) in [5, 5.41) is 2.38. The molecule has 2 rings (SSSR count). The third kappa shape index (κ3) is 2.73. The molecule has 0 heterocycles. The van der Waals surface area contributed by atoms with Crippen LogP contribution in [0.3, 0.4) is 0 Å². The van der Waals surface area contributed by atoms with E-state index in [1.165, 1.54) is 6.07 Å². The van der Waals surface area contributed by atoms with E-state index in [0.717, 1.165) is 12.1 Å². The number of nitrogens with one attached hydrogen (secondary N) is 1. The summed E-state index contributed by atoms with van der Waals surface area (Å²) in [6.07, 6.45) is 0. The van der Waals surface area contributed by atoms with E-state index >= 15 is 0 Å². The van der Waals surface area contributed by atoms with Crippen molar-refractivity contribution in [2.45, 2.75) is 0 Å². The SMILES string of the molecule is O=C(Nc1ccc(F)cc1F)c1ccccc1Br. The zero-order valence-corrected chi connectivity index (χ0v) is 10.7. The summed E-state index contributed by atoms with van der Waals surface area (Å²) in [6.45, 7) is 0. The van der Waals surface area contributed by atoms with Gasteiger partial charge in [0, 0.05) is 10.5 Å². The Morgan fingerprint density at radius 2 is 1.83 bits per heavy atom. The van der Waals surface area contributed by atoms with Crippen molar-refractivity contribution in [1.29, 1.82) is 0 Å². The fourth-order valence-electron chi connectivity index (χ4n) is 1.43.